The Balaban J connectivity index is 3.71. The number of unbranched alkanes of at least 4 members (excludes halogenated alkanes) is 15. The average Bonchev–Trinajstić information content (AvgIpc) is 2.79. The second kappa shape index (κ2) is 20.8. The van der Waals surface area contributed by atoms with Gasteiger partial charge < -0.3 is 5.11 Å². The van der Waals surface area contributed by atoms with Crippen LogP contribution in [0.15, 0.2) is 12.2 Å². The van der Waals surface area contributed by atoms with E-state index in [4.69, 9.17) is 0 Å². The lowest BCUT2D eigenvalue weighted by molar-refractivity contribution is -0.917. The van der Waals surface area contributed by atoms with Crippen LogP contribution in [0, 0.1) is 0 Å². The molecule has 0 radical (unpaired) electrons. The number of nitrogens with one attached hydrogen (secondary N) is 1. The van der Waals surface area contributed by atoms with E-state index in [0.29, 0.717) is 19.3 Å². The van der Waals surface area contributed by atoms with Gasteiger partial charge in [-0.1, -0.05) is 103 Å². The number of carboxylic acid groups (broad SMARTS) is 1. The molecule has 0 aliphatic heterocycles. The minimum absolute atomic E-state index is 0.144. The van der Waals surface area contributed by atoms with Crippen molar-refractivity contribution in [2.75, 3.05) is 21.1 Å². The van der Waals surface area contributed by atoms with Gasteiger partial charge in [0.2, 0.25) is 5.91 Å². The van der Waals surface area contributed by atoms with Crippen molar-refractivity contribution in [3.05, 3.63) is 12.2 Å². The van der Waals surface area contributed by atoms with Crippen LogP contribution in [0.2, 0.25) is 0 Å². The zero-order chi connectivity index (χ0) is 26.4. The number of likely N-dealkylation sites (N-methyl/N-ethyl adjacent to an activating group) is 1. The Kier molecular flexibility index (Phi) is 20.0. The number of allylic oxidation sites excluding steroid dienone is 2. The number of nitrogens with zero attached hydrogens (tertiary/aromatic N) is 1. The third-order valence-corrected chi connectivity index (χ3v) is 7.12. The molecule has 2 N–H and O–H groups in total. The van der Waals surface area contributed by atoms with Crippen LogP contribution in [0.25, 0.3) is 0 Å². The molecule has 35 heavy (non-hydrogen) atoms. The summed E-state index contributed by atoms with van der Waals surface area (Å²) in [5, 5.41) is 12.7. The minimum Gasteiger partial charge on any atom is -0.475 e. The predicted molar refractivity (Wildman–Crippen MR) is 149 cm³/mol. The number of rotatable bonds is 24. The van der Waals surface area contributed by atoms with Gasteiger partial charge >= 0.3 is 5.97 Å². The molecule has 0 aliphatic carbocycles. The number of hydrogen-bond acceptors (Lipinski definition) is 2. The monoisotopic (exact) mass is 495 g/mol. The van der Waals surface area contributed by atoms with Gasteiger partial charge in [0.1, 0.15) is 0 Å². The lowest BCUT2D eigenvalue weighted by Gasteiger charge is -2.43. The van der Waals surface area contributed by atoms with Crippen molar-refractivity contribution in [2.24, 2.45) is 0 Å². The topological polar surface area (TPSA) is 66.4 Å². The summed E-state index contributed by atoms with van der Waals surface area (Å²) in [6, 6.07) is 0. The maximum absolute atomic E-state index is 12.5. The molecular weight excluding hydrogens is 436 g/mol. The highest BCUT2D eigenvalue weighted by molar-refractivity contribution is 5.85. The number of aliphatic carboxylic acids is 1. The maximum atomic E-state index is 12.5. The molecule has 0 saturated heterocycles. The van der Waals surface area contributed by atoms with E-state index in [1.165, 1.54) is 89.9 Å². The second-order valence-corrected chi connectivity index (χ2v) is 11.2. The van der Waals surface area contributed by atoms with Gasteiger partial charge in [-0.25, -0.2) is 4.79 Å². The number of carbonyl (C=O) groups excluding carboxylic acids is 1. The SMILES string of the molecule is CCCCCCCCC=CCCCCCCCCCCCC(=O)NC(CCC)(C(=O)O)[N+](C)(C)C. The van der Waals surface area contributed by atoms with Gasteiger partial charge in [-0.3, -0.25) is 14.6 Å². The second-order valence-electron chi connectivity index (χ2n) is 11.2. The van der Waals surface area contributed by atoms with Crippen molar-refractivity contribution < 1.29 is 19.2 Å². The van der Waals surface area contributed by atoms with E-state index < -0.39 is 11.6 Å². The molecule has 0 aromatic rings. The van der Waals surface area contributed by atoms with E-state index in [1.54, 1.807) is 0 Å². The van der Waals surface area contributed by atoms with Crippen LogP contribution in [0.5, 0.6) is 0 Å². The van der Waals surface area contributed by atoms with E-state index in [-0.39, 0.29) is 10.4 Å². The Morgan fingerprint density at radius 1 is 0.686 bits per heavy atom. The molecule has 0 fully saturated rings. The first-order valence-electron chi connectivity index (χ1n) is 14.7. The van der Waals surface area contributed by atoms with Crippen LogP contribution in [0.4, 0.5) is 0 Å². The smallest absolute Gasteiger partial charge is 0.388 e. The normalized spacial score (nSPS) is 13.7. The number of carboxylic acids is 1. The quantitative estimate of drug-likeness (QED) is 0.0617. The highest BCUT2D eigenvalue weighted by Gasteiger charge is 2.51. The predicted octanol–water partition coefficient (Wildman–Crippen LogP) is 7.99. The van der Waals surface area contributed by atoms with E-state index >= 15 is 0 Å². The van der Waals surface area contributed by atoms with Crippen LogP contribution in [0.1, 0.15) is 142 Å². The van der Waals surface area contributed by atoms with Gasteiger partial charge in [-0.15, -0.1) is 0 Å². The largest absolute Gasteiger partial charge is 0.475 e. The molecule has 0 spiro atoms. The Morgan fingerprint density at radius 2 is 1.11 bits per heavy atom. The fourth-order valence-electron chi connectivity index (χ4n) is 4.73. The van der Waals surface area contributed by atoms with Crippen LogP contribution >= 0.6 is 0 Å². The summed E-state index contributed by atoms with van der Waals surface area (Å²) in [4.78, 5) is 24.5. The summed E-state index contributed by atoms with van der Waals surface area (Å²) in [6.07, 6.45) is 27.9. The summed E-state index contributed by atoms with van der Waals surface area (Å²) < 4.78 is 0.178. The lowest BCUT2D eigenvalue weighted by Crippen LogP contribution is -2.71. The van der Waals surface area contributed by atoms with E-state index in [9.17, 15) is 14.7 Å². The van der Waals surface area contributed by atoms with Crippen molar-refractivity contribution in [1.29, 1.82) is 0 Å². The zero-order valence-electron chi connectivity index (χ0n) is 24.0. The Bertz CT molecular complexity index is 568. The standard InChI is InChI=1S/C30H58N2O3/c1-6-8-9-10-11-12-13-14-15-16-17-18-19-20-21-22-23-24-25-26-28(33)31-30(27-7-2,29(34)35)32(3,4)5/h14-15H,6-13,16-27H2,1-5H3,(H-,31,33,34,35)/p+1. The summed E-state index contributed by atoms with van der Waals surface area (Å²) in [6.45, 7) is 4.22. The molecule has 0 rings (SSSR count). The molecule has 0 bridgehead atoms. The third kappa shape index (κ3) is 16.1. The molecule has 0 aromatic carbocycles. The van der Waals surface area contributed by atoms with Gasteiger partial charge in [-0.05, 0) is 38.5 Å². The molecular formula is C30H59N2O3+. The molecule has 0 aliphatic rings. The first kappa shape index (κ1) is 33.6. The van der Waals surface area contributed by atoms with Crippen LogP contribution < -0.4 is 5.32 Å². The summed E-state index contributed by atoms with van der Waals surface area (Å²) in [7, 11) is 5.49. The van der Waals surface area contributed by atoms with E-state index in [1.807, 2.05) is 28.1 Å². The van der Waals surface area contributed by atoms with Crippen LogP contribution in [-0.4, -0.2) is 48.3 Å². The molecule has 5 nitrogen and oxygen atoms in total. The van der Waals surface area contributed by atoms with E-state index in [0.717, 1.165) is 19.3 Å². The molecule has 206 valence electrons. The molecule has 1 atom stereocenters. The van der Waals surface area contributed by atoms with Crippen molar-refractivity contribution in [3.63, 3.8) is 0 Å². The van der Waals surface area contributed by atoms with E-state index in [2.05, 4.69) is 24.4 Å². The van der Waals surface area contributed by atoms with Gasteiger partial charge in [0, 0.05) is 12.8 Å². The van der Waals surface area contributed by atoms with Crippen molar-refractivity contribution in [2.45, 2.75) is 148 Å². The first-order valence-corrected chi connectivity index (χ1v) is 14.7. The Morgan fingerprint density at radius 3 is 1.51 bits per heavy atom. The fourth-order valence-corrected chi connectivity index (χ4v) is 4.73. The van der Waals surface area contributed by atoms with Crippen LogP contribution in [-0.2, 0) is 9.59 Å². The lowest BCUT2D eigenvalue weighted by atomic mass is 9.99. The zero-order valence-corrected chi connectivity index (χ0v) is 24.0. The molecule has 5 heteroatoms. The Labute approximate surface area is 217 Å². The number of quaternary nitrogens is 1. The average molecular weight is 496 g/mol. The molecule has 0 heterocycles. The van der Waals surface area contributed by atoms with Gasteiger partial charge in [0.05, 0.1) is 21.1 Å². The highest BCUT2D eigenvalue weighted by Crippen LogP contribution is 2.23. The van der Waals surface area contributed by atoms with Crippen molar-refractivity contribution >= 4 is 11.9 Å². The number of amides is 1. The van der Waals surface area contributed by atoms with Gasteiger partial charge in [0.15, 0.2) is 0 Å². The minimum atomic E-state index is -1.25. The Hall–Kier alpha value is -1.36. The van der Waals surface area contributed by atoms with Crippen LogP contribution in [0.3, 0.4) is 0 Å². The number of carbonyl (C=O) groups is 2. The summed E-state index contributed by atoms with van der Waals surface area (Å²) in [5.74, 6) is -1.10. The summed E-state index contributed by atoms with van der Waals surface area (Å²) in [5.41, 5.74) is -1.25. The van der Waals surface area contributed by atoms with Crippen molar-refractivity contribution in [3.8, 4) is 0 Å². The van der Waals surface area contributed by atoms with Crippen molar-refractivity contribution in [1.82, 2.24) is 5.32 Å². The molecule has 1 amide bonds. The van der Waals surface area contributed by atoms with Gasteiger partial charge in [0.25, 0.3) is 5.66 Å². The fraction of sp³-hybridized carbons (Fsp3) is 0.867. The molecule has 1 unspecified atom stereocenters. The number of hydrogen-bond donors (Lipinski definition) is 2. The van der Waals surface area contributed by atoms with Gasteiger partial charge in [-0.2, -0.15) is 0 Å². The maximum Gasteiger partial charge on any atom is 0.388 e. The summed E-state index contributed by atoms with van der Waals surface area (Å²) >= 11 is 0. The highest BCUT2D eigenvalue weighted by atomic mass is 16.4. The first-order chi connectivity index (χ1) is 16.7. The molecule has 0 saturated carbocycles. The third-order valence-electron chi connectivity index (χ3n) is 7.12. The molecule has 0 aromatic heterocycles.